The van der Waals surface area contributed by atoms with Crippen molar-refractivity contribution < 1.29 is 8.42 Å². The van der Waals surface area contributed by atoms with E-state index in [1.54, 1.807) is 12.3 Å². The first-order valence-corrected chi connectivity index (χ1v) is 9.96. The van der Waals surface area contributed by atoms with Gasteiger partial charge in [0.15, 0.2) is 5.96 Å². The molecule has 4 N–H and O–H groups in total. The molecule has 0 aliphatic heterocycles. The highest BCUT2D eigenvalue weighted by molar-refractivity contribution is 14.0. The lowest BCUT2D eigenvalue weighted by molar-refractivity contribution is 0.570. The Balaban J connectivity index is 0.00000312. The molecule has 25 heavy (non-hydrogen) atoms. The number of aryl methyl sites for hydroxylation is 1. The van der Waals surface area contributed by atoms with Crippen molar-refractivity contribution in [2.24, 2.45) is 10.1 Å². The van der Waals surface area contributed by atoms with Crippen LogP contribution in [0.4, 0.5) is 0 Å². The first-order valence-electron chi connectivity index (χ1n) is 7.60. The molecule has 0 unspecified atom stereocenters. The number of thiophene rings is 1. The molecule has 0 amide bonds. The molecule has 0 atom stereocenters. The molecule has 140 valence electrons. The fourth-order valence-corrected chi connectivity index (χ4v) is 3.68. The highest BCUT2D eigenvalue weighted by atomic mass is 127. The van der Waals surface area contributed by atoms with Crippen LogP contribution in [0.15, 0.2) is 39.8 Å². The van der Waals surface area contributed by atoms with E-state index in [0.717, 1.165) is 42.3 Å². The normalized spacial score (nSPS) is 11.8. The maximum Gasteiger partial charge on any atom is 0.247 e. The molecule has 0 aliphatic rings. The maximum atomic E-state index is 11.3. The molecule has 2 aromatic heterocycles. The van der Waals surface area contributed by atoms with E-state index in [0.29, 0.717) is 12.5 Å². The number of hydrogen-bond donors (Lipinski definition) is 3. The van der Waals surface area contributed by atoms with Gasteiger partial charge in [-0.3, -0.25) is 4.68 Å². The summed E-state index contributed by atoms with van der Waals surface area (Å²) in [5.74, 6) is 0.698. The molecule has 0 saturated carbocycles. The largest absolute Gasteiger partial charge is 0.357 e. The van der Waals surface area contributed by atoms with Gasteiger partial charge >= 0.3 is 0 Å². The minimum atomic E-state index is -3.64. The van der Waals surface area contributed by atoms with E-state index < -0.39 is 10.0 Å². The van der Waals surface area contributed by atoms with E-state index >= 15 is 0 Å². The lowest BCUT2D eigenvalue weighted by Crippen LogP contribution is -2.38. The van der Waals surface area contributed by atoms with Gasteiger partial charge in [0.2, 0.25) is 10.0 Å². The van der Waals surface area contributed by atoms with Gasteiger partial charge in [-0.25, -0.2) is 18.5 Å². The predicted molar refractivity (Wildman–Crippen MR) is 111 cm³/mol. The number of primary sulfonamides is 1. The van der Waals surface area contributed by atoms with Crippen LogP contribution in [-0.4, -0.2) is 37.2 Å². The van der Waals surface area contributed by atoms with Crippen LogP contribution in [-0.2, 0) is 23.1 Å². The number of aliphatic imine (C=N–C) groups is 1. The lowest BCUT2D eigenvalue weighted by Gasteiger charge is -2.11. The number of nitrogens with one attached hydrogen (secondary N) is 2. The molecule has 0 radical (unpaired) electrons. The highest BCUT2D eigenvalue weighted by Gasteiger charge is 2.10. The molecule has 8 nitrogen and oxygen atoms in total. The number of hydrogen-bond acceptors (Lipinski definition) is 5. The zero-order valence-corrected chi connectivity index (χ0v) is 17.8. The Kier molecular flexibility index (Phi) is 9.38. The molecule has 0 saturated heterocycles. The van der Waals surface area contributed by atoms with E-state index in [1.165, 1.54) is 6.07 Å². The van der Waals surface area contributed by atoms with Gasteiger partial charge in [0.25, 0.3) is 0 Å². The third-order valence-corrected chi connectivity index (χ3v) is 5.58. The summed E-state index contributed by atoms with van der Waals surface area (Å²) in [6.45, 7) is 4.73. The molecular weight excluding hydrogens is 475 g/mol. The zero-order valence-electron chi connectivity index (χ0n) is 13.9. The summed E-state index contributed by atoms with van der Waals surface area (Å²) in [5.41, 5.74) is 0. The topological polar surface area (TPSA) is 114 Å². The molecule has 2 aromatic rings. The number of halogens is 1. The minimum absolute atomic E-state index is 0. The molecule has 11 heteroatoms. The van der Waals surface area contributed by atoms with Gasteiger partial charge in [-0.05, 0) is 31.5 Å². The van der Waals surface area contributed by atoms with Gasteiger partial charge in [0.1, 0.15) is 4.21 Å². The molecule has 2 rings (SSSR count). The molecule has 2 heterocycles. The van der Waals surface area contributed by atoms with E-state index in [-0.39, 0.29) is 28.2 Å². The van der Waals surface area contributed by atoms with Crippen molar-refractivity contribution >= 4 is 51.3 Å². The van der Waals surface area contributed by atoms with Gasteiger partial charge in [0.05, 0.1) is 6.54 Å². The first kappa shape index (κ1) is 21.9. The highest BCUT2D eigenvalue weighted by Crippen LogP contribution is 2.20. The van der Waals surface area contributed by atoms with E-state index in [1.807, 2.05) is 23.9 Å². The van der Waals surface area contributed by atoms with Crippen molar-refractivity contribution in [3.8, 4) is 0 Å². The molecule has 0 aromatic carbocycles. The Hall–Kier alpha value is -1.18. The number of aromatic nitrogens is 2. The van der Waals surface area contributed by atoms with Gasteiger partial charge < -0.3 is 10.6 Å². The van der Waals surface area contributed by atoms with Crippen LogP contribution in [0, 0.1) is 0 Å². The SMILES string of the molecule is CCNC(=NCc1ccc(S(N)(=O)=O)s1)NCCCn1cccn1.I. The lowest BCUT2D eigenvalue weighted by atomic mass is 10.4. The number of rotatable bonds is 8. The number of nitrogens with two attached hydrogens (primary N) is 1. The monoisotopic (exact) mass is 498 g/mol. The molecular formula is C14H23IN6O2S2. The third-order valence-electron chi connectivity index (χ3n) is 3.07. The van der Waals surface area contributed by atoms with Crippen LogP contribution in [0.25, 0.3) is 0 Å². The molecule has 0 spiro atoms. The van der Waals surface area contributed by atoms with E-state index in [9.17, 15) is 8.42 Å². The van der Waals surface area contributed by atoms with Crippen LogP contribution in [0.5, 0.6) is 0 Å². The summed E-state index contributed by atoms with van der Waals surface area (Å²) in [7, 11) is -3.64. The van der Waals surface area contributed by atoms with Gasteiger partial charge in [0, 0.05) is 36.9 Å². The fraction of sp³-hybridized carbons (Fsp3) is 0.429. The Morgan fingerprint density at radius 2 is 2.20 bits per heavy atom. The smallest absolute Gasteiger partial charge is 0.247 e. The van der Waals surface area contributed by atoms with Gasteiger partial charge in [-0.15, -0.1) is 35.3 Å². The Labute approximate surface area is 169 Å². The summed E-state index contributed by atoms with van der Waals surface area (Å²) < 4.78 is 24.6. The minimum Gasteiger partial charge on any atom is -0.357 e. The van der Waals surface area contributed by atoms with Crippen molar-refractivity contribution in [2.45, 2.75) is 30.6 Å². The average Bonchev–Trinajstić information content (AvgIpc) is 3.19. The molecule has 0 fully saturated rings. The van der Waals surface area contributed by atoms with Crippen LogP contribution >= 0.6 is 35.3 Å². The second-order valence-corrected chi connectivity index (χ2v) is 7.97. The summed E-state index contributed by atoms with van der Waals surface area (Å²) in [4.78, 5) is 5.30. The Bertz CT molecular complexity index is 758. The van der Waals surface area contributed by atoms with Gasteiger partial charge in [-0.2, -0.15) is 5.10 Å². The summed E-state index contributed by atoms with van der Waals surface area (Å²) in [5, 5.41) is 15.7. The maximum absolute atomic E-state index is 11.3. The first-order chi connectivity index (χ1) is 11.5. The van der Waals surface area contributed by atoms with Crippen molar-refractivity contribution in [3.63, 3.8) is 0 Å². The van der Waals surface area contributed by atoms with Crippen molar-refractivity contribution in [3.05, 3.63) is 35.5 Å². The summed E-state index contributed by atoms with van der Waals surface area (Å²) >= 11 is 1.14. The van der Waals surface area contributed by atoms with Crippen molar-refractivity contribution in [1.82, 2.24) is 20.4 Å². The van der Waals surface area contributed by atoms with Crippen LogP contribution in [0.2, 0.25) is 0 Å². The van der Waals surface area contributed by atoms with Crippen LogP contribution in [0.1, 0.15) is 18.2 Å². The quantitative estimate of drug-likeness (QED) is 0.220. The van der Waals surface area contributed by atoms with Crippen LogP contribution < -0.4 is 15.8 Å². The van der Waals surface area contributed by atoms with Crippen LogP contribution in [0.3, 0.4) is 0 Å². The number of guanidine groups is 1. The van der Waals surface area contributed by atoms with E-state index in [4.69, 9.17) is 5.14 Å². The summed E-state index contributed by atoms with van der Waals surface area (Å²) in [6, 6.07) is 5.14. The second kappa shape index (κ2) is 10.7. The van der Waals surface area contributed by atoms with Gasteiger partial charge in [-0.1, -0.05) is 0 Å². The molecule has 0 aliphatic carbocycles. The average molecular weight is 498 g/mol. The Morgan fingerprint density at radius 3 is 2.80 bits per heavy atom. The Morgan fingerprint density at radius 1 is 1.40 bits per heavy atom. The number of nitrogens with zero attached hydrogens (tertiary/aromatic N) is 3. The second-order valence-electron chi connectivity index (χ2n) is 5.01. The number of sulfonamides is 1. The van der Waals surface area contributed by atoms with Crippen molar-refractivity contribution in [2.75, 3.05) is 13.1 Å². The summed E-state index contributed by atoms with van der Waals surface area (Å²) in [6.07, 6.45) is 4.61. The predicted octanol–water partition coefficient (Wildman–Crippen LogP) is 1.36. The third kappa shape index (κ3) is 7.71. The standard InChI is InChI=1S/C14H22N6O2S2.HI/c1-2-16-14(17-7-3-9-20-10-4-8-19-20)18-11-12-5-6-13(23-12)24(15,21)22;/h4-6,8,10H,2-3,7,9,11H2,1H3,(H2,15,21,22)(H2,16,17,18);1H. The fourth-order valence-electron chi connectivity index (χ4n) is 1.98. The molecule has 0 bridgehead atoms. The zero-order chi connectivity index (χ0) is 17.4. The van der Waals surface area contributed by atoms with Crippen molar-refractivity contribution in [1.29, 1.82) is 0 Å². The van der Waals surface area contributed by atoms with E-state index in [2.05, 4.69) is 20.7 Å².